The van der Waals surface area contributed by atoms with E-state index in [2.05, 4.69) is 0 Å². The lowest BCUT2D eigenvalue weighted by Crippen LogP contribution is -2.37. The van der Waals surface area contributed by atoms with Crippen LogP contribution in [0.15, 0.2) is 18.2 Å². The van der Waals surface area contributed by atoms with E-state index in [1.807, 2.05) is 13.8 Å². The van der Waals surface area contributed by atoms with Crippen molar-refractivity contribution in [2.75, 3.05) is 4.90 Å². The molecule has 1 fully saturated rings. The molecule has 4 nitrogen and oxygen atoms in total. The predicted octanol–water partition coefficient (Wildman–Crippen LogP) is 2.21. The minimum Gasteiger partial charge on any atom is -0.326 e. The smallest absolute Gasteiger partial charge is 0.240 e. The highest BCUT2D eigenvalue weighted by Gasteiger charge is 2.50. The van der Waals surface area contributed by atoms with Gasteiger partial charge in [0.25, 0.3) is 0 Å². The third-order valence-electron chi connectivity index (χ3n) is 4.24. The van der Waals surface area contributed by atoms with Gasteiger partial charge in [-0.3, -0.25) is 9.59 Å². The van der Waals surface area contributed by atoms with E-state index < -0.39 is 11.2 Å². The number of imide groups is 1. The van der Waals surface area contributed by atoms with Crippen LogP contribution < -0.4 is 10.6 Å². The number of hydrogen-bond donors (Lipinski definition) is 1. The summed E-state index contributed by atoms with van der Waals surface area (Å²) in [6, 6.07) is 3.94. The maximum Gasteiger partial charge on any atom is 0.240 e. The van der Waals surface area contributed by atoms with Crippen LogP contribution in [-0.4, -0.2) is 11.8 Å². The van der Waals surface area contributed by atoms with E-state index in [4.69, 9.17) is 5.73 Å². The molecular formula is C15H19FN2O2. The zero-order valence-electron chi connectivity index (χ0n) is 11.9. The molecule has 1 heterocycles. The molecule has 108 valence electrons. The average molecular weight is 278 g/mol. The van der Waals surface area contributed by atoms with Gasteiger partial charge >= 0.3 is 0 Å². The van der Waals surface area contributed by atoms with Gasteiger partial charge in [0.2, 0.25) is 11.8 Å². The van der Waals surface area contributed by atoms with Crippen molar-refractivity contribution < 1.29 is 14.0 Å². The van der Waals surface area contributed by atoms with Crippen LogP contribution in [0.5, 0.6) is 0 Å². The van der Waals surface area contributed by atoms with Crippen LogP contribution in [0.25, 0.3) is 0 Å². The van der Waals surface area contributed by atoms with E-state index in [0.717, 1.165) is 4.90 Å². The molecule has 5 heteroatoms. The summed E-state index contributed by atoms with van der Waals surface area (Å²) in [6.07, 6.45) is 0.172. The number of halogens is 1. The van der Waals surface area contributed by atoms with E-state index in [1.54, 1.807) is 6.92 Å². The summed E-state index contributed by atoms with van der Waals surface area (Å²) in [7, 11) is 0. The number of rotatable bonds is 3. The zero-order valence-corrected chi connectivity index (χ0v) is 11.9. The zero-order chi connectivity index (χ0) is 15.1. The number of benzene rings is 1. The predicted molar refractivity (Wildman–Crippen MR) is 74.3 cm³/mol. The van der Waals surface area contributed by atoms with Crippen LogP contribution in [0.1, 0.15) is 32.8 Å². The molecule has 1 atom stereocenters. The number of nitrogens with zero attached hydrogens (tertiary/aromatic N) is 1. The van der Waals surface area contributed by atoms with Gasteiger partial charge in [0.15, 0.2) is 0 Å². The fraction of sp³-hybridized carbons (Fsp3) is 0.467. The first-order chi connectivity index (χ1) is 9.31. The molecule has 2 N–H and O–H groups in total. The Morgan fingerprint density at radius 3 is 2.55 bits per heavy atom. The van der Waals surface area contributed by atoms with Crippen molar-refractivity contribution in [3.8, 4) is 0 Å². The van der Waals surface area contributed by atoms with Crippen LogP contribution in [0, 0.1) is 17.2 Å². The summed E-state index contributed by atoms with van der Waals surface area (Å²) in [6.45, 7) is 5.71. The molecule has 1 aromatic rings. The van der Waals surface area contributed by atoms with Crippen LogP contribution in [0.3, 0.4) is 0 Å². The van der Waals surface area contributed by atoms with Crippen LogP contribution >= 0.6 is 0 Å². The number of anilines is 1. The van der Waals surface area contributed by atoms with Gasteiger partial charge in [-0.15, -0.1) is 0 Å². The lowest BCUT2D eigenvalue weighted by Gasteiger charge is -2.26. The Labute approximate surface area is 117 Å². The molecule has 1 unspecified atom stereocenters. The molecular weight excluding hydrogens is 259 g/mol. The third kappa shape index (κ3) is 2.12. The first kappa shape index (κ1) is 14.7. The van der Waals surface area contributed by atoms with E-state index in [-0.39, 0.29) is 30.7 Å². The van der Waals surface area contributed by atoms with E-state index in [0.29, 0.717) is 11.3 Å². The number of hydrogen-bond acceptors (Lipinski definition) is 3. The maximum atomic E-state index is 13.3. The standard InChI is InChI=1S/C15H19FN2O2/c1-9(2)15(3)7-13(19)18(14(15)20)12-5-4-11(16)6-10(12)8-17/h4-6,9H,7-8,17H2,1-3H3. The van der Waals surface area contributed by atoms with Crippen molar-refractivity contribution in [3.63, 3.8) is 0 Å². The number of nitrogens with two attached hydrogens (primary N) is 1. The quantitative estimate of drug-likeness (QED) is 0.862. The van der Waals surface area contributed by atoms with E-state index >= 15 is 0 Å². The van der Waals surface area contributed by atoms with Crippen molar-refractivity contribution in [1.29, 1.82) is 0 Å². The minimum absolute atomic E-state index is 0.0470. The summed E-state index contributed by atoms with van der Waals surface area (Å²) in [5.41, 5.74) is 5.73. The Balaban J connectivity index is 2.49. The second-order valence-corrected chi connectivity index (χ2v) is 5.76. The van der Waals surface area contributed by atoms with E-state index in [9.17, 15) is 14.0 Å². The summed E-state index contributed by atoms with van der Waals surface area (Å²) >= 11 is 0. The molecule has 20 heavy (non-hydrogen) atoms. The maximum absolute atomic E-state index is 13.3. The number of carbonyl (C=O) groups excluding carboxylic acids is 2. The van der Waals surface area contributed by atoms with Crippen molar-refractivity contribution in [2.45, 2.75) is 33.7 Å². The Morgan fingerprint density at radius 1 is 1.40 bits per heavy atom. The van der Waals surface area contributed by atoms with Crippen LogP contribution in [0.2, 0.25) is 0 Å². The molecule has 1 saturated heterocycles. The Kier molecular flexibility index (Phi) is 3.65. The second kappa shape index (κ2) is 4.98. The molecule has 0 aromatic heterocycles. The SMILES string of the molecule is CC(C)C1(C)CC(=O)N(c2ccc(F)cc2CN)C1=O. The lowest BCUT2D eigenvalue weighted by molar-refractivity contribution is -0.126. The van der Waals surface area contributed by atoms with Gasteiger partial charge in [-0.05, 0) is 36.6 Å². The highest BCUT2D eigenvalue weighted by atomic mass is 19.1. The van der Waals surface area contributed by atoms with Gasteiger partial charge in [-0.2, -0.15) is 0 Å². The third-order valence-corrected chi connectivity index (χ3v) is 4.24. The molecule has 1 aliphatic heterocycles. The molecule has 0 bridgehead atoms. The molecule has 0 saturated carbocycles. The topological polar surface area (TPSA) is 63.4 Å². The monoisotopic (exact) mass is 278 g/mol. The largest absolute Gasteiger partial charge is 0.326 e. The molecule has 0 radical (unpaired) electrons. The Bertz CT molecular complexity index is 571. The normalized spacial score (nSPS) is 23.0. The van der Waals surface area contributed by atoms with Crippen LogP contribution in [0.4, 0.5) is 10.1 Å². The Morgan fingerprint density at radius 2 is 2.05 bits per heavy atom. The second-order valence-electron chi connectivity index (χ2n) is 5.76. The van der Waals surface area contributed by atoms with Crippen molar-refractivity contribution >= 4 is 17.5 Å². The fourth-order valence-corrected chi connectivity index (χ4v) is 2.47. The van der Waals surface area contributed by atoms with Gasteiger partial charge in [-0.1, -0.05) is 13.8 Å². The van der Waals surface area contributed by atoms with Gasteiger partial charge in [-0.25, -0.2) is 9.29 Å². The van der Waals surface area contributed by atoms with Gasteiger partial charge in [0.05, 0.1) is 11.1 Å². The molecule has 1 aromatic carbocycles. The fourth-order valence-electron chi connectivity index (χ4n) is 2.47. The summed E-state index contributed by atoms with van der Waals surface area (Å²) < 4.78 is 13.3. The van der Waals surface area contributed by atoms with E-state index in [1.165, 1.54) is 18.2 Å². The highest BCUT2D eigenvalue weighted by Crippen LogP contribution is 2.42. The van der Waals surface area contributed by atoms with Gasteiger partial charge in [0, 0.05) is 13.0 Å². The van der Waals surface area contributed by atoms with Crippen molar-refractivity contribution in [3.05, 3.63) is 29.6 Å². The summed E-state index contributed by atoms with van der Waals surface area (Å²) in [4.78, 5) is 26.0. The summed E-state index contributed by atoms with van der Waals surface area (Å²) in [5, 5.41) is 0. The molecule has 1 aliphatic rings. The average Bonchev–Trinajstić information content (AvgIpc) is 2.62. The van der Waals surface area contributed by atoms with Gasteiger partial charge < -0.3 is 5.73 Å². The number of carbonyl (C=O) groups is 2. The molecule has 2 rings (SSSR count). The molecule has 0 aliphatic carbocycles. The van der Waals surface area contributed by atoms with Crippen molar-refractivity contribution in [1.82, 2.24) is 0 Å². The van der Waals surface area contributed by atoms with Gasteiger partial charge in [0.1, 0.15) is 5.82 Å². The highest BCUT2D eigenvalue weighted by molar-refractivity contribution is 6.22. The first-order valence-electron chi connectivity index (χ1n) is 6.67. The Hall–Kier alpha value is -1.75. The van der Waals surface area contributed by atoms with Crippen LogP contribution in [-0.2, 0) is 16.1 Å². The lowest BCUT2D eigenvalue weighted by atomic mass is 9.78. The number of amides is 2. The van der Waals surface area contributed by atoms with Crippen molar-refractivity contribution in [2.24, 2.45) is 17.1 Å². The first-order valence-corrected chi connectivity index (χ1v) is 6.67. The summed E-state index contributed by atoms with van der Waals surface area (Å²) in [5.74, 6) is -0.878. The molecule has 2 amide bonds. The minimum atomic E-state index is -0.711. The molecule has 0 spiro atoms.